The number of carbonyl (C=O) groups is 3. The van der Waals surface area contributed by atoms with Crippen LogP contribution in [-0.4, -0.2) is 55.4 Å². The van der Waals surface area contributed by atoms with Crippen LogP contribution in [0.4, 0.5) is 5.00 Å². The van der Waals surface area contributed by atoms with Gasteiger partial charge in [0.15, 0.2) is 11.3 Å². The van der Waals surface area contributed by atoms with Crippen LogP contribution >= 0.6 is 11.3 Å². The van der Waals surface area contributed by atoms with Crippen LogP contribution in [0.2, 0.25) is 0 Å². The molecule has 0 aliphatic carbocycles. The van der Waals surface area contributed by atoms with E-state index in [1.807, 2.05) is 18.5 Å². The minimum atomic E-state index is -0.639. The fourth-order valence-corrected chi connectivity index (χ4v) is 4.92. The second-order valence-corrected chi connectivity index (χ2v) is 8.77. The van der Waals surface area contributed by atoms with E-state index in [1.54, 1.807) is 49.8 Å². The first-order valence-corrected chi connectivity index (χ1v) is 12.3. The molecule has 0 spiro atoms. The summed E-state index contributed by atoms with van der Waals surface area (Å²) in [4.78, 5) is 42.8. The Kier molecular flexibility index (Phi) is 7.15. The maximum Gasteiger partial charge on any atom is 0.348 e. The normalized spacial score (nSPS) is 11.0. The summed E-state index contributed by atoms with van der Waals surface area (Å²) in [7, 11) is 0. The predicted molar refractivity (Wildman–Crippen MR) is 134 cm³/mol. The Morgan fingerprint density at radius 2 is 1.81 bits per heavy atom. The van der Waals surface area contributed by atoms with E-state index in [9.17, 15) is 14.4 Å². The lowest BCUT2D eigenvalue weighted by molar-refractivity contribution is 0.0527. The highest BCUT2D eigenvalue weighted by atomic mass is 32.1. The molecule has 4 aromatic heterocycles. The van der Waals surface area contributed by atoms with Gasteiger partial charge in [-0.25, -0.2) is 19.1 Å². The van der Waals surface area contributed by atoms with Crippen LogP contribution in [0.3, 0.4) is 0 Å². The number of anilines is 1. The molecule has 11 nitrogen and oxygen atoms in total. The summed E-state index contributed by atoms with van der Waals surface area (Å²) < 4.78 is 13.7. The molecule has 4 heterocycles. The number of nitrogens with zero attached hydrogens (tertiary/aromatic N) is 5. The van der Waals surface area contributed by atoms with E-state index in [-0.39, 0.29) is 34.3 Å². The van der Waals surface area contributed by atoms with E-state index in [1.165, 1.54) is 0 Å². The van der Waals surface area contributed by atoms with E-state index < -0.39 is 17.8 Å². The Balaban J connectivity index is 1.71. The molecule has 36 heavy (non-hydrogen) atoms. The fourth-order valence-electron chi connectivity index (χ4n) is 3.84. The average molecular weight is 511 g/mol. The number of fused-ring (bicyclic) bond motifs is 1. The summed E-state index contributed by atoms with van der Waals surface area (Å²) >= 11 is 0.957. The number of rotatable bonds is 8. The molecular formula is C24H26N6O5S. The van der Waals surface area contributed by atoms with Gasteiger partial charge >= 0.3 is 11.9 Å². The molecule has 1 N–H and O–H groups in total. The number of hydrogen-bond donors (Lipinski definition) is 1. The molecule has 0 bridgehead atoms. The Labute approximate surface area is 211 Å². The largest absolute Gasteiger partial charge is 0.462 e. The minimum Gasteiger partial charge on any atom is -0.462 e. The maximum absolute atomic E-state index is 13.2. The molecule has 0 aromatic carbocycles. The highest BCUT2D eigenvalue weighted by Crippen LogP contribution is 2.35. The third-order valence-corrected chi connectivity index (χ3v) is 6.77. The second kappa shape index (κ2) is 10.3. The van der Waals surface area contributed by atoms with Crippen molar-refractivity contribution >= 4 is 39.8 Å². The zero-order valence-corrected chi connectivity index (χ0v) is 21.4. The van der Waals surface area contributed by atoms with Crippen molar-refractivity contribution in [2.24, 2.45) is 0 Å². The monoisotopic (exact) mass is 510 g/mol. The second-order valence-electron chi connectivity index (χ2n) is 7.74. The summed E-state index contributed by atoms with van der Waals surface area (Å²) in [5, 5.41) is 11.8. The van der Waals surface area contributed by atoms with E-state index in [0.29, 0.717) is 11.2 Å². The van der Waals surface area contributed by atoms with E-state index in [2.05, 4.69) is 20.5 Å². The number of thiophene rings is 1. The standard InChI is InChI=1S/C24H26N6O5S/c1-6-29-14(5)15(12-26-29)17-9-10-25-18-11-16(28-30(17)18)21(31)27-22-19(23(32)34-7-2)13(4)20(36-22)24(33)35-8-3/h9-12H,6-8H2,1-5H3,(H,27,31). The van der Waals surface area contributed by atoms with Gasteiger partial charge in [0.25, 0.3) is 5.91 Å². The predicted octanol–water partition coefficient (Wildman–Crippen LogP) is 3.90. The summed E-state index contributed by atoms with van der Waals surface area (Å²) in [5.74, 6) is -1.77. The molecule has 0 saturated carbocycles. The number of hydrogen-bond acceptors (Lipinski definition) is 9. The summed E-state index contributed by atoms with van der Waals surface area (Å²) in [6.07, 6.45) is 3.40. The average Bonchev–Trinajstić information content (AvgIpc) is 3.54. The van der Waals surface area contributed by atoms with Gasteiger partial charge in [-0.05, 0) is 46.2 Å². The maximum atomic E-state index is 13.2. The molecule has 0 saturated heterocycles. The molecule has 0 unspecified atom stereocenters. The van der Waals surface area contributed by atoms with Gasteiger partial charge in [-0.2, -0.15) is 10.2 Å². The topological polar surface area (TPSA) is 130 Å². The molecular weight excluding hydrogens is 484 g/mol. The molecule has 12 heteroatoms. The third-order valence-electron chi connectivity index (χ3n) is 5.58. The lowest BCUT2D eigenvalue weighted by Gasteiger charge is -2.06. The number of ether oxygens (including phenoxy) is 2. The van der Waals surface area contributed by atoms with Crippen molar-refractivity contribution in [2.75, 3.05) is 18.5 Å². The molecule has 4 rings (SSSR count). The van der Waals surface area contributed by atoms with Crippen molar-refractivity contribution in [3.8, 4) is 11.3 Å². The zero-order chi connectivity index (χ0) is 26.0. The van der Waals surface area contributed by atoms with Gasteiger partial charge in [0.05, 0.1) is 30.7 Å². The van der Waals surface area contributed by atoms with E-state index >= 15 is 0 Å². The molecule has 1 amide bonds. The lowest BCUT2D eigenvalue weighted by atomic mass is 10.1. The molecule has 0 fully saturated rings. The molecule has 4 aromatic rings. The minimum absolute atomic E-state index is 0.0917. The number of esters is 2. The zero-order valence-electron chi connectivity index (χ0n) is 20.6. The van der Waals surface area contributed by atoms with Crippen LogP contribution in [0.25, 0.3) is 16.9 Å². The number of aryl methyl sites for hydroxylation is 1. The first kappa shape index (κ1) is 25.0. The third kappa shape index (κ3) is 4.47. The molecule has 0 aliphatic rings. The Morgan fingerprint density at radius 3 is 2.47 bits per heavy atom. The Morgan fingerprint density at radius 1 is 1.08 bits per heavy atom. The Bertz CT molecular complexity index is 1470. The summed E-state index contributed by atoms with van der Waals surface area (Å²) in [6, 6.07) is 3.36. The van der Waals surface area contributed by atoms with Crippen molar-refractivity contribution in [1.29, 1.82) is 0 Å². The first-order chi connectivity index (χ1) is 17.3. The molecule has 0 atom stereocenters. The number of carbonyl (C=O) groups excluding carboxylic acids is 3. The van der Waals surface area contributed by atoms with Crippen LogP contribution < -0.4 is 5.32 Å². The van der Waals surface area contributed by atoms with Crippen LogP contribution in [0, 0.1) is 13.8 Å². The van der Waals surface area contributed by atoms with Crippen LogP contribution in [0.15, 0.2) is 24.5 Å². The van der Waals surface area contributed by atoms with E-state index in [0.717, 1.165) is 34.8 Å². The molecule has 188 valence electrons. The van der Waals surface area contributed by atoms with Gasteiger partial charge in [-0.1, -0.05) is 0 Å². The smallest absolute Gasteiger partial charge is 0.348 e. The van der Waals surface area contributed by atoms with Crippen molar-refractivity contribution in [1.82, 2.24) is 24.4 Å². The van der Waals surface area contributed by atoms with Crippen molar-refractivity contribution in [3.05, 3.63) is 51.9 Å². The number of amides is 1. The van der Waals surface area contributed by atoms with Crippen LogP contribution in [0.1, 0.15) is 62.5 Å². The SMILES string of the molecule is CCOC(=O)c1sc(NC(=O)c2cc3nccc(-c4cnn(CC)c4C)n3n2)c(C(=O)OCC)c1C. The Hall–Kier alpha value is -4.06. The van der Waals surface area contributed by atoms with Gasteiger partial charge < -0.3 is 14.8 Å². The van der Waals surface area contributed by atoms with Crippen molar-refractivity contribution in [3.63, 3.8) is 0 Å². The summed E-state index contributed by atoms with van der Waals surface area (Å²) in [5.41, 5.74) is 3.64. The van der Waals surface area contributed by atoms with Crippen LogP contribution in [-0.2, 0) is 16.0 Å². The van der Waals surface area contributed by atoms with Gasteiger partial charge in [0.1, 0.15) is 9.88 Å². The van der Waals surface area contributed by atoms with Gasteiger partial charge in [0, 0.05) is 30.1 Å². The quantitative estimate of drug-likeness (QED) is 0.353. The van der Waals surface area contributed by atoms with Gasteiger partial charge in [-0.3, -0.25) is 9.48 Å². The highest BCUT2D eigenvalue weighted by Gasteiger charge is 2.28. The van der Waals surface area contributed by atoms with Gasteiger partial charge in [0.2, 0.25) is 0 Å². The van der Waals surface area contributed by atoms with E-state index in [4.69, 9.17) is 9.47 Å². The molecule has 0 aliphatic heterocycles. The highest BCUT2D eigenvalue weighted by molar-refractivity contribution is 7.18. The van der Waals surface area contributed by atoms with Crippen molar-refractivity contribution < 1.29 is 23.9 Å². The van der Waals surface area contributed by atoms with Crippen molar-refractivity contribution in [2.45, 2.75) is 41.2 Å². The first-order valence-electron chi connectivity index (χ1n) is 11.5. The fraction of sp³-hybridized carbons (Fsp3) is 0.333. The van der Waals surface area contributed by atoms with Crippen LogP contribution in [0.5, 0.6) is 0 Å². The van der Waals surface area contributed by atoms with Gasteiger partial charge in [-0.15, -0.1) is 11.3 Å². The molecule has 0 radical (unpaired) electrons. The lowest BCUT2D eigenvalue weighted by Crippen LogP contribution is -2.15. The number of aromatic nitrogens is 5. The number of nitrogens with one attached hydrogen (secondary N) is 1. The summed E-state index contributed by atoms with van der Waals surface area (Å²) in [6.45, 7) is 10.0.